The number of H-pyrrole nitrogens is 1. The third-order valence-corrected chi connectivity index (χ3v) is 8.07. The number of thioether (sulfide) groups is 1. The fourth-order valence-electron chi connectivity index (χ4n) is 3.80. The molecule has 0 saturated carbocycles. The minimum Gasteiger partial charge on any atom is -0.431 e. The van der Waals surface area contributed by atoms with E-state index in [-0.39, 0.29) is 27.4 Å². The molecule has 2 aromatic heterocycles. The van der Waals surface area contributed by atoms with Crippen molar-refractivity contribution in [2.24, 2.45) is 0 Å². The summed E-state index contributed by atoms with van der Waals surface area (Å²) >= 11 is 1.11. The van der Waals surface area contributed by atoms with Gasteiger partial charge >= 0.3 is 0 Å². The van der Waals surface area contributed by atoms with E-state index in [1.165, 1.54) is 23.4 Å². The molecule has 0 radical (unpaired) electrons. The quantitative estimate of drug-likeness (QED) is 0.407. The van der Waals surface area contributed by atoms with Gasteiger partial charge in [-0.1, -0.05) is 11.8 Å². The number of Topliss-reactive ketones (excluding diaryl/α,β-unsaturated/α-hetero) is 2. The molecule has 3 aromatic rings. The van der Waals surface area contributed by atoms with Gasteiger partial charge in [-0.2, -0.15) is 4.31 Å². The Bertz CT molecular complexity index is 1300. The van der Waals surface area contributed by atoms with E-state index in [9.17, 15) is 18.0 Å². The second-order valence-corrected chi connectivity index (χ2v) is 10.4. The molecule has 1 aliphatic heterocycles. The number of aromatic amines is 1. The number of benzene rings is 1. The van der Waals surface area contributed by atoms with Gasteiger partial charge < -0.3 is 14.1 Å². The van der Waals surface area contributed by atoms with Crippen LogP contribution in [0, 0.1) is 13.8 Å². The first kappa shape index (κ1) is 22.7. The highest BCUT2D eigenvalue weighted by atomic mass is 32.2. The first-order chi connectivity index (χ1) is 15.2. The first-order valence-electron chi connectivity index (χ1n) is 10.0. The van der Waals surface area contributed by atoms with Crippen LogP contribution in [0.15, 0.2) is 32.7 Å². The molecule has 32 heavy (non-hydrogen) atoms. The van der Waals surface area contributed by atoms with Crippen LogP contribution in [0.1, 0.15) is 39.0 Å². The van der Waals surface area contributed by atoms with Crippen LogP contribution in [0.2, 0.25) is 0 Å². The minimum absolute atomic E-state index is 0.0594. The maximum absolute atomic E-state index is 12.9. The number of oxazole rings is 1. The van der Waals surface area contributed by atoms with Crippen LogP contribution in [-0.2, 0) is 14.8 Å². The van der Waals surface area contributed by atoms with Gasteiger partial charge in [0.1, 0.15) is 5.52 Å². The van der Waals surface area contributed by atoms with Gasteiger partial charge in [0.25, 0.3) is 5.22 Å². The zero-order chi connectivity index (χ0) is 23.0. The Labute approximate surface area is 189 Å². The molecule has 0 unspecified atom stereocenters. The van der Waals surface area contributed by atoms with E-state index in [1.54, 1.807) is 19.9 Å². The summed E-state index contributed by atoms with van der Waals surface area (Å²) in [5.41, 5.74) is 3.08. The van der Waals surface area contributed by atoms with E-state index < -0.39 is 10.0 Å². The largest absolute Gasteiger partial charge is 0.431 e. The fourth-order valence-corrected chi connectivity index (χ4v) is 5.94. The van der Waals surface area contributed by atoms with E-state index >= 15 is 0 Å². The predicted molar refractivity (Wildman–Crippen MR) is 119 cm³/mol. The lowest BCUT2D eigenvalue weighted by molar-refractivity contribution is 0.0730. The molecule has 0 bridgehead atoms. The number of nitrogens with one attached hydrogen (secondary N) is 1. The van der Waals surface area contributed by atoms with Gasteiger partial charge in [-0.3, -0.25) is 9.59 Å². The van der Waals surface area contributed by atoms with Crippen LogP contribution in [0.5, 0.6) is 0 Å². The highest BCUT2D eigenvalue weighted by molar-refractivity contribution is 7.99. The summed E-state index contributed by atoms with van der Waals surface area (Å²) < 4.78 is 38.0. The lowest BCUT2D eigenvalue weighted by Gasteiger charge is -2.25. The molecule has 170 valence electrons. The number of aryl methyl sites for hydroxylation is 1. The highest BCUT2D eigenvalue weighted by Gasteiger charge is 2.27. The van der Waals surface area contributed by atoms with Gasteiger partial charge in [0, 0.05) is 24.3 Å². The zero-order valence-corrected chi connectivity index (χ0v) is 19.6. The number of fused-ring (bicyclic) bond motifs is 1. The lowest BCUT2D eigenvalue weighted by atomic mass is 10.1. The van der Waals surface area contributed by atoms with E-state index in [0.29, 0.717) is 59.9 Å². The van der Waals surface area contributed by atoms with Gasteiger partial charge in [-0.05, 0) is 44.5 Å². The van der Waals surface area contributed by atoms with E-state index in [0.717, 1.165) is 11.8 Å². The Morgan fingerprint density at radius 3 is 2.59 bits per heavy atom. The minimum atomic E-state index is -3.64. The third kappa shape index (κ3) is 4.25. The Hall–Kier alpha value is -2.47. The third-order valence-electron chi connectivity index (χ3n) is 5.34. The zero-order valence-electron chi connectivity index (χ0n) is 17.9. The van der Waals surface area contributed by atoms with Crippen molar-refractivity contribution >= 4 is 44.5 Å². The molecule has 1 aliphatic rings. The molecule has 0 atom stereocenters. The van der Waals surface area contributed by atoms with Crippen LogP contribution >= 0.6 is 11.8 Å². The van der Waals surface area contributed by atoms with Crippen LogP contribution in [-0.4, -0.2) is 66.3 Å². The molecular weight excluding hydrogens is 454 g/mol. The van der Waals surface area contributed by atoms with Gasteiger partial charge in [-0.15, -0.1) is 0 Å². The topological polar surface area (TPSA) is 123 Å². The Morgan fingerprint density at radius 2 is 1.94 bits per heavy atom. The van der Waals surface area contributed by atoms with Gasteiger partial charge in [0.2, 0.25) is 10.0 Å². The SMILES string of the molecule is CC(=O)c1c(C)[nH]c(C(=O)CSc2nc3cc(S(=O)(=O)N4CCOCC4)ccc3o2)c1C. The molecule has 1 aromatic carbocycles. The van der Waals surface area contributed by atoms with Crippen molar-refractivity contribution in [1.29, 1.82) is 0 Å². The molecule has 0 aliphatic carbocycles. The number of aromatic nitrogens is 2. The number of rotatable bonds is 7. The number of hydrogen-bond donors (Lipinski definition) is 1. The first-order valence-corrected chi connectivity index (χ1v) is 12.5. The van der Waals surface area contributed by atoms with Gasteiger partial charge in [-0.25, -0.2) is 13.4 Å². The number of ether oxygens (including phenoxy) is 1. The molecule has 9 nitrogen and oxygen atoms in total. The maximum Gasteiger partial charge on any atom is 0.257 e. The average molecular weight is 478 g/mol. The lowest BCUT2D eigenvalue weighted by Crippen LogP contribution is -2.40. The monoisotopic (exact) mass is 477 g/mol. The van der Waals surface area contributed by atoms with Crippen molar-refractivity contribution in [3.05, 3.63) is 40.7 Å². The van der Waals surface area contributed by atoms with Crippen LogP contribution in [0.4, 0.5) is 0 Å². The molecule has 0 spiro atoms. The Kier molecular flexibility index (Phi) is 6.26. The maximum atomic E-state index is 12.9. The smallest absolute Gasteiger partial charge is 0.257 e. The van der Waals surface area contributed by atoms with E-state index in [2.05, 4.69) is 9.97 Å². The van der Waals surface area contributed by atoms with Gasteiger partial charge in [0.05, 0.1) is 29.6 Å². The predicted octanol–water partition coefficient (Wildman–Crippen LogP) is 2.97. The van der Waals surface area contributed by atoms with E-state index in [1.807, 2.05) is 0 Å². The number of morpholine rings is 1. The summed E-state index contributed by atoms with van der Waals surface area (Å²) in [6, 6.07) is 4.54. The molecule has 4 rings (SSSR count). The summed E-state index contributed by atoms with van der Waals surface area (Å²) in [4.78, 5) is 31.9. The number of carbonyl (C=O) groups is 2. The Balaban J connectivity index is 1.51. The van der Waals surface area contributed by atoms with Crippen LogP contribution in [0.3, 0.4) is 0 Å². The van der Waals surface area contributed by atoms with Crippen LogP contribution < -0.4 is 0 Å². The highest BCUT2D eigenvalue weighted by Crippen LogP contribution is 2.28. The number of ketones is 2. The Morgan fingerprint density at radius 1 is 1.22 bits per heavy atom. The standard InChI is InChI=1S/C21H23N3O6S2/c1-12-19(14(3)25)13(2)22-20(12)17(26)11-31-21-23-16-10-15(4-5-18(16)30-21)32(27,28)24-6-8-29-9-7-24/h4-5,10,22H,6-9,11H2,1-3H3. The number of nitrogens with zero attached hydrogens (tertiary/aromatic N) is 2. The van der Waals surface area contributed by atoms with Gasteiger partial charge in [0.15, 0.2) is 17.1 Å². The van der Waals surface area contributed by atoms with Crippen molar-refractivity contribution in [2.45, 2.75) is 30.9 Å². The summed E-state index contributed by atoms with van der Waals surface area (Å²) in [6.07, 6.45) is 0. The van der Waals surface area contributed by atoms with Crippen molar-refractivity contribution < 1.29 is 27.2 Å². The fraction of sp³-hybridized carbons (Fsp3) is 0.381. The summed E-state index contributed by atoms with van der Waals surface area (Å²) in [6.45, 7) is 6.34. The van der Waals surface area contributed by atoms with Crippen molar-refractivity contribution in [3.8, 4) is 0 Å². The number of sulfonamides is 1. The molecule has 1 fully saturated rings. The molecule has 0 amide bonds. The molecule has 11 heteroatoms. The summed E-state index contributed by atoms with van der Waals surface area (Å²) in [5, 5.41) is 0.266. The molecule has 1 N–H and O–H groups in total. The average Bonchev–Trinajstić information content (AvgIpc) is 3.31. The summed E-state index contributed by atoms with van der Waals surface area (Å²) in [7, 11) is -3.64. The number of carbonyl (C=O) groups excluding carboxylic acids is 2. The van der Waals surface area contributed by atoms with Crippen LogP contribution in [0.25, 0.3) is 11.1 Å². The molecular formula is C21H23N3O6S2. The van der Waals surface area contributed by atoms with Crippen molar-refractivity contribution in [2.75, 3.05) is 32.1 Å². The second-order valence-electron chi connectivity index (χ2n) is 7.52. The second kappa shape index (κ2) is 8.81. The summed E-state index contributed by atoms with van der Waals surface area (Å²) in [5.74, 6) is -0.213. The molecule has 1 saturated heterocycles. The van der Waals surface area contributed by atoms with E-state index in [4.69, 9.17) is 9.15 Å². The number of hydrogen-bond acceptors (Lipinski definition) is 8. The molecule has 3 heterocycles. The normalized spacial score (nSPS) is 15.3. The van der Waals surface area contributed by atoms with Crippen molar-refractivity contribution in [1.82, 2.24) is 14.3 Å². The van der Waals surface area contributed by atoms with Crippen molar-refractivity contribution in [3.63, 3.8) is 0 Å².